The number of carbonyl (C=O) groups is 3. The van der Waals surface area contributed by atoms with E-state index in [1.165, 1.54) is 41.3 Å². The summed E-state index contributed by atoms with van der Waals surface area (Å²) >= 11 is 0. The molecule has 0 spiro atoms. The van der Waals surface area contributed by atoms with E-state index in [4.69, 9.17) is 10.3 Å². The number of carbonyl (C=O) groups excluding carboxylic acids is 3. The van der Waals surface area contributed by atoms with Crippen molar-refractivity contribution in [3.05, 3.63) is 90.0 Å². The Labute approximate surface area is 226 Å². The molecule has 1 heterocycles. The summed E-state index contributed by atoms with van der Waals surface area (Å²) in [5.41, 5.74) is 1.60. The van der Waals surface area contributed by atoms with Gasteiger partial charge in [-0.25, -0.2) is 32.0 Å². The molecular weight excluding hydrogens is 544 g/mol. The summed E-state index contributed by atoms with van der Waals surface area (Å²) in [5.74, 6) is -1.52. The van der Waals surface area contributed by atoms with Gasteiger partial charge >= 0.3 is 0 Å². The lowest BCUT2D eigenvalue weighted by Gasteiger charge is -2.28. The van der Waals surface area contributed by atoms with Crippen LogP contribution in [0.15, 0.2) is 88.7 Å². The first-order valence-corrected chi connectivity index (χ1v) is 14.9. The SMILES string of the molecule is NS(=O)(=O)c1ccc(CCN(C(=O)Cc2ccccc2)C2CC(=O)N(c3ccc(S(N)(=O)=O)cc3)C2=O)cc1. The number of nitrogens with two attached hydrogens (primary N) is 2. The molecule has 1 aliphatic rings. The van der Waals surface area contributed by atoms with Gasteiger partial charge in [0.05, 0.1) is 28.3 Å². The monoisotopic (exact) mass is 570 g/mol. The average Bonchev–Trinajstić information content (AvgIpc) is 3.17. The van der Waals surface area contributed by atoms with Crippen LogP contribution >= 0.6 is 0 Å². The predicted molar refractivity (Wildman–Crippen MR) is 142 cm³/mol. The number of primary sulfonamides is 2. The van der Waals surface area contributed by atoms with Crippen LogP contribution in [0.3, 0.4) is 0 Å². The van der Waals surface area contributed by atoms with Crippen LogP contribution in [0.25, 0.3) is 0 Å². The molecule has 4 N–H and O–H groups in total. The number of amides is 3. The fraction of sp³-hybridized carbons (Fsp3) is 0.192. The van der Waals surface area contributed by atoms with E-state index in [1.54, 1.807) is 36.4 Å². The van der Waals surface area contributed by atoms with Gasteiger partial charge in [0.15, 0.2) is 0 Å². The highest BCUT2D eigenvalue weighted by molar-refractivity contribution is 7.89. The van der Waals surface area contributed by atoms with E-state index in [2.05, 4.69) is 0 Å². The lowest BCUT2D eigenvalue weighted by molar-refractivity contribution is -0.137. The molecule has 1 atom stereocenters. The zero-order valence-electron chi connectivity index (χ0n) is 20.6. The van der Waals surface area contributed by atoms with Crippen LogP contribution in [-0.4, -0.2) is 52.0 Å². The van der Waals surface area contributed by atoms with Gasteiger partial charge in [0.1, 0.15) is 6.04 Å². The Bertz CT molecular complexity index is 1610. The summed E-state index contributed by atoms with van der Waals surface area (Å²) in [6.07, 6.45) is 0.0410. The Morgan fingerprint density at radius 3 is 1.87 bits per heavy atom. The maximum atomic E-state index is 13.5. The minimum absolute atomic E-state index is 0.00617. The second-order valence-electron chi connectivity index (χ2n) is 9.01. The van der Waals surface area contributed by atoms with E-state index in [0.717, 1.165) is 10.5 Å². The zero-order chi connectivity index (χ0) is 28.4. The molecule has 13 heteroatoms. The first kappa shape index (κ1) is 28.1. The number of nitrogens with zero attached hydrogens (tertiary/aromatic N) is 2. The van der Waals surface area contributed by atoms with Gasteiger partial charge in [0, 0.05) is 6.54 Å². The first-order valence-electron chi connectivity index (χ1n) is 11.8. The van der Waals surface area contributed by atoms with Crippen molar-refractivity contribution < 1.29 is 31.2 Å². The van der Waals surface area contributed by atoms with Crippen molar-refractivity contribution in [1.82, 2.24) is 4.90 Å². The molecule has 0 aromatic heterocycles. The number of benzene rings is 3. The topological polar surface area (TPSA) is 178 Å². The third kappa shape index (κ3) is 6.57. The van der Waals surface area contributed by atoms with Crippen LogP contribution < -0.4 is 15.2 Å². The van der Waals surface area contributed by atoms with E-state index < -0.39 is 37.9 Å². The van der Waals surface area contributed by atoms with Gasteiger partial charge in [0.25, 0.3) is 5.91 Å². The Kier molecular flexibility index (Phi) is 7.97. The molecule has 1 fully saturated rings. The summed E-state index contributed by atoms with van der Waals surface area (Å²) in [4.78, 5) is 41.9. The molecular formula is C26H26N4O7S2. The highest BCUT2D eigenvalue weighted by Gasteiger charge is 2.44. The number of anilines is 1. The minimum Gasteiger partial charge on any atom is -0.329 e. The highest BCUT2D eigenvalue weighted by Crippen LogP contribution is 2.27. The maximum absolute atomic E-state index is 13.5. The fourth-order valence-electron chi connectivity index (χ4n) is 4.34. The third-order valence-electron chi connectivity index (χ3n) is 6.33. The summed E-state index contributed by atoms with van der Waals surface area (Å²) in [6.45, 7) is 0.0856. The normalized spacial score (nSPS) is 15.9. The molecule has 0 aliphatic carbocycles. The number of sulfonamides is 2. The molecule has 1 aliphatic heterocycles. The zero-order valence-corrected chi connectivity index (χ0v) is 22.3. The molecule has 0 saturated carbocycles. The molecule has 1 saturated heterocycles. The molecule has 1 unspecified atom stereocenters. The van der Waals surface area contributed by atoms with Gasteiger partial charge in [-0.3, -0.25) is 14.4 Å². The van der Waals surface area contributed by atoms with E-state index in [-0.39, 0.29) is 47.2 Å². The van der Waals surface area contributed by atoms with E-state index in [0.29, 0.717) is 5.56 Å². The van der Waals surface area contributed by atoms with Crippen LogP contribution in [0.5, 0.6) is 0 Å². The Balaban J connectivity index is 1.59. The average molecular weight is 571 g/mol. The predicted octanol–water partition coefficient (Wildman–Crippen LogP) is 0.927. The molecule has 204 valence electrons. The van der Waals surface area contributed by atoms with Crippen LogP contribution in [0, 0.1) is 0 Å². The van der Waals surface area contributed by atoms with Crippen LogP contribution in [0.1, 0.15) is 17.5 Å². The van der Waals surface area contributed by atoms with Gasteiger partial charge in [0.2, 0.25) is 31.9 Å². The van der Waals surface area contributed by atoms with Crippen molar-refractivity contribution in [3.8, 4) is 0 Å². The standard InChI is InChI=1S/C26H26N4O7S2/c27-38(34,35)21-10-6-18(7-11-21)14-15-29(24(31)16-19-4-2-1-3-5-19)23-17-25(32)30(26(23)33)20-8-12-22(13-9-20)39(28,36)37/h1-13,23H,14-17H2,(H2,27,34,35)(H2,28,36,37). The lowest BCUT2D eigenvalue weighted by atomic mass is 10.1. The van der Waals surface area contributed by atoms with Crippen LogP contribution in [0.2, 0.25) is 0 Å². The fourth-order valence-corrected chi connectivity index (χ4v) is 5.37. The first-order chi connectivity index (χ1) is 18.3. The van der Waals surface area contributed by atoms with Gasteiger partial charge in [-0.2, -0.15) is 0 Å². The third-order valence-corrected chi connectivity index (χ3v) is 8.19. The number of hydrogen-bond donors (Lipinski definition) is 2. The van der Waals surface area contributed by atoms with Crippen molar-refractivity contribution >= 4 is 43.5 Å². The molecule has 39 heavy (non-hydrogen) atoms. The van der Waals surface area contributed by atoms with E-state index in [1.807, 2.05) is 6.07 Å². The minimum atomic E-state index is -3.96. The summed E-state index contributed by atoms with van der Waals surface area (Å²) < 4.78 is 46.2. The van der Waals surface area contributed by atoms with Crippen LogP contribution in [0.4, 0.5) is 5.69 Å². The van der Waals surface area contributed by atoms with Gasteiger partial charge < -0.3 is 4.90 Å². The Morgan fingerprint density at radius 1 is 0.795 bits per heavy atom. The van der Waals surface area contributed by atoms with Gasteiger partial charge in [-0.1, -0.05) is 42.5 Å². The second kappa shape index (κ2) is 11.1. The van der Waals surface area contributed by atoms with Crippen LogP contribution in [-0.2, 0) is 47.3 Å². The maximum Gasteiger partial charge on any atom is 0.257 e. The lowest BCUT2D eigenvalue weighted by Crippen LogP contribution is -2.47. The highest BCUT2D eigenvalue weighted by atomic mass is 32.2. The summed E-state index contributed by atoms with van der Waals surface area (Å²) in [5, 5.41) is 10.3. The smallest absolute Gasteiger partial charge is 0.257 e. The number of rotatable bonds is 9. The van der Waals surface area contributed by atoms with Crippen molar-refractivity contribution in [3.63, 3.8) is 0 Å². The molecule has 4 rings (SSSR count). The Hall–Kier alpha value is -3.91. The van der Waals surface area contributed by atoms with Crippen molar-refractivity contribution in [2.75, 3.05) is 11.4 Å². The molecule has 11 nitrogen and oxygen atoms in total. The van der Waals surface area contributed by atoms with Crippen molar-refractivity contribution in [2.24, 2.45) is 10.3 Å². The Morgan fingerprint density at radius 2 is 1.33 bits per heavy atom. The number of imide groups is 1. The van der Waals surface area contributed by atoms with E-state index in [9.17, 15) is 31.2 Å². The van der Waals surface area contributed by atoms with E-state index >= 15 is 0 Å². The number of hydrogen-bond acceptors (Lipinski definition) is 7. The van der Waals surface area contributed by atoms with Gasteiger partial charge in [-0.05, 0) is 53.9 Å². The molecule has 3 amide bonds. The molecule has 3 aromatic carbocycles. The molecule has 0 radical (unpaired) electrons. The molecule has 0 bridgehead atoms. The summed E-state index contributed by atoms with van der Waals surface area (Å²) in [7, 11) is -7.82. The quantitative estimate of drug-likeness (QED) is 0.359. The van der Waals surface area contributed by atoms with Crippen molar-refractivity contribution in [1.29, 1.82) is 0 Å². The van der Waals surface area contributed by atoms with Gasteiger partial charge in [-0.15, -0.1) is 0 Å². The summed E-state index contributed by atoms with van der Waals surface area (Å²) in [6, 6.07) is 18.7. The van der Waals surface area contributed by atoms with Crippen molar-refractivity contribution in [2.45, 2.75) is 35.1 Å². The largest absolute Gasteiger partial charge is 0.329 e. The molecule has 3 aromatic rings. The second-order valence-corrected chi connectivity index (χ2v) is 12.1.